The number of fused-ring (bicyclic) bond motifs is 1. The van der Waals surface area contributed by atoms with Crippen molar-refractivity contribution in [3.8, 4) is 0 Å². The summed E-state index contributed by atoms with van der Waals surface area (Å²) in [5.41, 5.74) is 2.45. The zero-order valence-corrected chi connectivity index (χ0v) is 13.9. The van der Waals surface area contributed by atoms with Gasteiger partial charge < -0.3 is 4.90 Å². The molecule has 2 heterocycles. The molecule has 0 bridgehead atoms. The second-order valence-corrected chi connectivity index (χ2v) is 6.37. The molecule has 0 atom stereocenters. The van der Waals surface area contributed by atoms with Crippen LogP contribution < -0.4 is 0 Å². The topological polar surface area (TPSA) is 53.5 Å². The highest BCUT2D eigenvalue weighted by Gasteiger charge is 2.31. The number of benzene rings is 1. The van der Waals surface area contributed by atoms with Crippen LogP contribution in [0.4, 0.5) is 0 Å². The lowest BCUT2D eigenvalue weighted by atomic mass is 9.96. The van der Waals surface area contributed by atoms with E-state index in [1.54, 1.807) is 18.3 Å². The van der Waals surface area contributed by atoms with Gasteiger partial charge in [-0.2, -0.15) is 0 Å². The lowest BCUT2D eigenvalue weighted by molar-refractivity contribution is 0.0906. The molecule has 0 radical (unpaired) electrons. The van der Waals surface area contributed by atoms with Gasteiger partial charge in [0.05, 0.1) is 11.3 Å². The molecular formula is C20H19N3O2. The molecule has 1 saturated heterocycles. The maximum atomic E-state index is 12.7. The van der Waals surface area contributed by atoms with E-state index in [9.17, 15) is 9.59 Å². The Morgan fingerprint density at radius 1 is 0.920 bits per heavy atom. The minimum atomic E-state index is -0.147. The Labute approximate surface area is 146 Å². The zero-order chi connectivity index (χ0) is 17.2. The van der Waals surface area contributed by atoms with Gasteiger partial charge in [-0.1, -0.05) is 30.3 Å². The quantitative estimate of drug-likeness (QED) is 0.862. The van der Waals surface area contributed by atoms with Gasteiger partial charge in [0.15, 0.2) is 5.78 Å². The Morgan fingerprint density at radius 2 is 1.68 bits per heavy atom. The number of pyridine rings is 1. The number of carbonyl (C=O) groups excluding carboxylic acids is 2. The van der Waals surface area contributed by atoms with Crippen LogP contribution in [0.1, 0.15) is 26.4 Å². The second kappa shape index (κ2) is 6.61. The van der Waals surface area contributed by atoms with Crippen LogP contribution in [0.3, 0.4) is 0 Å². The molecule has 25 heavy (non-hydrogen) atoms. The lowest BCUT2D eigenvalue weighted by Crippen LogP contribution is -2.47. The Hall–Kier alpha value is -2.79. The number of ketones is 2. The Kier molecular flexibility index (Phi) is 4.15. The predicted octanol–water partition coefficient (Wildman–Crippen LogP) is 2.16. The fourth-order valence-corrected chi connectivity index (χ4v) is 3.40. The van der Waals surface area contributed by atoms with Gasteiger partial charge in [-0.3, -0.25) is 19.5 Å². The molecule has 0 N–H and O–H groups in total. The molecule has 1 fully saturated rings. The summed E-state index contributed by atoms with van der Waals surface area (Å²) in [5.74, 6) is -0.281. The Morgan fingerprint density at radius 3 is 2.44 bits per heavy atom. The fraction of sp³-hybridized carbons (Fsp3) is 0.250. The van der Waals surface area contributed by atoms with Crippen molar-refractivity contribution in [2.24, 2.45) is 0 Å². The van der Waals surface area contributed by atoms with E-state index in [2.05, 4.69) is 22.0 Å². The molecule has 0 unspecified atom stereocenters. The highest BCUT2D eigenvalue weighted by Crippen LogP contribution is 2.23. The molecule has 2 aromatic rings. The standard InChI is InChI=1S/C20H19N3O2/c24-18-13-17(20(25)19-16(18)7-4-8-21-19)23-11-9-22(10-12-23)14-15-5-2-1-3-6-15/h1-8,13H,9-12,14H2. The van der Waals surface area contributed by atoms with E-state index in [1.165, 1.54) is 11.6 Å². The number of carbonyl (C=O) groups is 2. The van der Waals surface area contributed by atoms with Crippen molar-refractivity contribution in [2.45, 2.75) is 6.54 Å². The summed E-state index contributed by atoms with van der Waals surface area (Å²) in [6.07, 6.45) is 3.03. The monoisotopic (exact) mass is 333 g/mol. The summed E-state index contributed by atoms with van der Waals surface area (Å²) < 4.78 is 0. The van der Waals surface area contributed by atoms with Crippen molar-refractivity contribution >= 4 is 11.6 Å². The summed E-state index contributed by atoms with van der Waals surface area (Å²) in [5, 5.41) is 0. The molecule has 0 saturated carbocycles. The predicted molar refractivity (Wildman–Crippen MR) is 94.3 cm³/mol. The van der Waals surface area contributed by atoms with E-state index in [0.29, 0.717) is 11.3 Å². The van der Waals surface area contributed by atoms with E-state index < -0.39 is 0 Å². The van der Waals surface area contributed by atoms with Crippen LogP contribution in [0.15, 0.2) is 60.4 Å². The largest absolute Gasteiger partial charge is 0.366 e. The molecule has 1 aromatic heterocycles. The number of Topliss-reactive ketones (excluding diaryl/α,β-unsaturated/α-hetero) is 1. The van der Waals surface area contributed by atoms with Gasteiger partial charge in [0.1, 0.15) is 5.69 Å². The SMILES string of the molecule is O=C1C=C(N2CCN(Cc3ccccc3)CC2)C(=O)c2ncccc21. The van der Waals surface area contributed by atoms with Crippen molar-refractivity contribution in [3.63, 3.8) is 0 Å². The highest BCUT2D eigenvalue weighted by molar-refractivity contribution is 6.23. The lowest BCUT2D eigenvalue weighted by Gasteiger charge is -2.37. The second-order valence-electron chi connectivity index (χ2n) is 6.37. The number of rotatable bonds is 3. The van der Waals surface area contributed by atoms with Gasteiger partial charge in [0.2, 0.25) is 5.78 Å². The summed E-state index contributed by atoms with van der Waals surface area (Å²) in [6, 6.07) is 13.7. The number of aromatic nitrogens is 1. The number of nitrogens with zero attached hydrogens (tertiary/aromatic N) is 3. The molecule has 5 nitrogen and oxygen atoms in total. The van der Waals surface area contributed by atoms with E-state index in [0.717, 1.165) is 32.7 Å². The van der Waals surface area contributed by atoms with E-state index >= 15 is 0 Å². The first kappa shape index (κ1) is 15.7. The van der Waals surface area contributed by atoms with Gasteiger partial charge in [0, 0.05) is 45.0 Å². The van der Waals surface area contributed by atoms with Gasteiger partial charge >= 0.3 is 0 Å². The maximum absolute atomic E-state index is 12.7. The van der Waals surface area contributed by atoms with Crippen LogP contribution in [0.25, 0.3) is 0 Å². The first-order valence-electron chi connectivity index (χ1n) is 8.49. The summed E-state index contributed by atoms with van der Waals surface area (Å²) in [7, 11) is 0. The molecule has 1 aromatic carbocycles. The van der Waals surface area contributed by atoms with Crippen molar-refractivity contribution in [1.82, 2.24) is 14.8 Å². The molecule has 4 rings (SSSR count). The van der Waals surface area contributed by atoms with Crippen molar-refractivity contribution < 1.29 is 9.59 Å². The maximum Gasteiger partial charge on any atom is 0.228 e. The van der Waals surface area contributed by atoms with Crippen LogP contribution in [0, 0.1) is 0 Å². The van der Waals surface area contributed by atoms with Crippen LogP contribution in [0.2, 0.25) is 0 Å². The van der Waals surface area contributed by atoms with Crippen molar-refractivity contribution in [3.05, 3.63) is 77.3 Å². The summed E-state index contributed by atoms with van der Waals surface area (Å²) in [4.78, 5) is 33.5. The van der Waals surface area contributed by atoms with Gasteiger partial charge in [-0.25, -0.2) is 0 Å². The molecule has 1 aliphatic heterocycles. The normalized spacial score (nSPS) is 18.1. The van der Waals surface area contributed by atoms with Crippen LogP contribution in [-0.4, -0.2) is 52.5 Å². The molecule has 2 aliphatic rings. The van der Waals surface area contributed by atoms with Gasteiger partial charge in [0.25, 0.3) is 0 Å². The van der Waals surface area contributed by atoms with E-state index in [1.807, 2.05) is 23.1 Å². The van der Waals surface area contributed by atoms with Gasteiger partial charge in [-0.15, -0.1) is 0 Å². The van der Waals surface area contributed by atoms with E-state index in [4.69, 9.17) is 0 Å². The molecule has 0 amide bonds. The summed E-state index contributed by atoms with van der Waals surface area (Å²) >= 11 is 0. The number of hydrogen-bond acceptors (Lipinski definition) is 5. The van der Waals surface area contributed by atoms with Crippen LogP contribution in [-0.2, 0) is 6.54 Å². The highest BCUT2D eigenvalue weighted by atomic mass is 16.1. The third kappa shape index (κ3) is 3.10. The summed E-state index contributed by atoms with van der Waals surface area (Å²) in [6.45, 7) is 4.11. The Bertz CT molecular complexity index is 837. The van der Waals surface area contributed by atoms with Crippen LogP contribution >= 0.6 is 0 Å². The van der Waals surface area contributed by atoms with Crippen LogP contribution in [0.5, 0.6) is 0 Å². The molecule has 5 heteroatoms. The fourth-order valence-electron chi connectivity index (χ4n) is 3.40. The molecular weight excluding hydrogens is 314 g/mol. The van der Waals surface area contributed by atoms with E-state index in [-0.39, 0.29) is 17.3 Å². The smallest absolute Gasteiger partial charge is 0.228 e. The third-order valence-corrected chi connectivity index (χ3v) is 4.75. The average Bonchev–Trinajstić information content (AvgIpc) is 2.66. The molecule has 126 valence electrons. The third-order valence-electron chi connectivity index (χ3n) is 4.75. The number of allylic oxidation sites excluding steroid dienone is 2. The minimum absolute atomic E-state index is 0.135. The molecule has 1 aliphatic carbocycles. The van der Waals surface area contributed by atoms with Crippen molar-refractivity contribution in [2.75, 3.05) is 26.2 Å². The number of piperazine rings is 1. The first-order valence-corrected chi connectivity index (χ1v) is 8.49. The minimum Gasteiger partial charge on any atom is -0.366 e. The molecule has 0 spiro atoms. The van der Waals surface area contributed by atoms with Crippen molar-refractivity contribution in [1.29, 1.82) is 0 Å². The average molecular weight is 333 g/mol. The van der Waals surface area contributed by atoms with Gasteiger partial charge in [-0.05, 0) is 17.7 Å². The Balaban J connectivity index is 1.45. The first-order chi connectivity index (χ1) is 12.2. The zero-order valence-electron chi connectivity index (χ0n) is 13.9. The number of hydrogen-bond donors (Lipinski definition) is 0.